The lowest BCUT2D eigenvalue weighted by molar-refractivity contribution is -0.142. The second-order valence-corrected chi connectivity index (χ2v) is 4.68. The van der Waals surface area contributed by atoms with Crippen LogP contribution in [0.3, 0.4) is 0 Å². The first-order valence-electron chi connectivity index (χ1n) is 6.08. The Kier molecular flexibility index (Phi) is 5.65. The zero-order valence-corrected chi connectivity index (χ0v) is 11.2. The minimum Gasteiger partial charge on any atom is -0.493 e. The normalized spacial score (nSPS) is 12.3. The second kappa shape index (κ2) is 7.01. The van der Waals surface area contributed by atoms with Crippen LogP contribution in [0, 0.1) is 5.92 Å². The molecule has 0 amide bonds. The van der Waals surface area contributed by atoms with Crippen LogP contribution in [0.15, 0.2) is 24.3 Å². The molecule has 0 aliphatic carbocycles. The average Bonchev–Trinajstić information content (AvgIpc) is 2.36. The molecule has 0 spiro atoms. The summed E-state index contributed by atoms with van der Waals surface area (Å²) >= 11 is 0. The first kappa shape index (κ1) is 14.5. The van der Waals surface area contributed by atoms with Gasteiger partial charge in [-0.1, -0.05) is 26.0 Å². The molecule has 1 rings (SSSR count). The van der Waals surface area contributed by atoms with E-state index in [9.17, 15) is 4.79 Å². The monoisotopic (exact) mass is 251 g/mol. The van der Waals surface area contributed by atoms with Crippen LogP contribution >= 0.6 is 0 Å². The van der Waals surface area contributed by atoms with E-state index in [1.165, 1.54) is 7.11 Å². The van der Waals surface area contributed by atoms with Crippen LogP contribution in [0.4, 0.5) is 0 Å². The molecule has 4 heteroatoms. The highest BCUT2D eigenvalue weighted by molar-refractivity contribution is 5.75. The van der Waals surface area contributed by atoms with E-state index in [2.05, 4.69) is 18.6 Å². The molecule has 0 saturated heterocycles. The standard InChI is InChI=1S/C14H21NO3/c1-10(2)9-18-12-6-4-11(5-7-12)8-13(15)14(16)17-3/h4-7,10,13H,8-9,15H2,1-3H3. The first-order chi connectivity index (χ1) is 8.52. The van der Waals surface area contributed by atoms with Gasteiger partial charge in [0.2, 0.25) is 0 Å². The highest BCUT2D eigenvalue weighted by Crippen LogP contribution is 2.14. The summed E-state index contributed by atoms with van der Waals surface area (Å²) in [5.41, 5.74) is 6.68. The van der Waals surface area contributed by atoms with E-state index >= 15 is 0 Å². The third-order valence-corrected chi connectivity index (χ3v) is 2.47. The minimum atomic E-state index is -0.613. The van der Waals surface area contributed by atoms with Crippen LogP contribution in [0.25, 0.3) is 0 Å². The van der Waals surface area contributed by atoms with Crippen molar-refractivity contribution in [1.29, 1.82) is 0 Å². The van der Waals surface area contributed by atoms with Crippen molar-refractivity contribution >= 4 is 5.97 Å². The van der Waals surface area contributed by atoms with Crippen molar-refractivity contribution in [2.75, 3.05) is 13.7 Å². The van der Waals surface area contributed by atoms with E-state index in [4.69, 9.17) is 10.5 Å². The van der Waals surface area contributed by atoms with Crippen LogP contribution in [-0.4, -0.2) is 25.7 Å². The van der Waals surface area contributed by atoms with Crippen LogP contribution in [0.5, 0.6) is 5.75 Å². The number of nitrogens with two attached hydrogens (primary N) is 1. The predicted octanol–water partition coefficient (Wildman–Crippen LogP) is 1.76. The van der Waals surface area contributed by atoms with Crippen LogP contribution in [0.1, 0.15) is 19.4 Å². The second-order valence-electron chi connectivity index (χ2n) is 4.68. The number of methoxy groups -OCH3 is 1. The Morgan fingerprint density at radius 1 is 1.28 bits per heavy atom. The molecule has 1 aromatic carbocycles. The van der Waals surface area contributed by atoms with Gasteiger partial charge in [-0.2, -0.15) is 0 Å². The van der Waals surface area contributed by atoms with Crippen molar-refractivity contribution in [3.63, 3.8) is 0 Å². The Bertz CT molecular complexity index is 373. The molecule has 4 nitrogen and oxygen atoms in total. The number of benzene rings is 1. The van der Waals surface area contributed by atoms with E-state index in [1.54, 1.807) is 0 Å². The number of ether oxygens (including phenoxy) is 2. The Balaban J connectivity index is 2.52. The zero-order chi connectivity index (χ0) is 13.5. The minimum absolute atomic E-state index is 0.393. The lowest BCUT2D eigenvalue weighted by atomic mass is 10.1. The maximum atomic E-state index is 11.2. The number of hydrogen-bond donors (Lipinski definition) is 1. The van der Waals surface area contributed by atoms with Gasteiger partial charge in [-0.25, -0.2) is 0 Å². The summed E-state index contributed by atoms with van der Waals surface area (Å²) in [5, 5.41) is 0. The molecule has 0 fully saturated rings. The quantitative estimate of drug-likeness (QED) is 0.783. The van der Waals surface area contributed by atoms with Crippen molar-refractivity contribution in [2.45, 2.75) is 26.3 Å². The predicted molar refractivity (Wildman–Crippen MR) is 70.5 cm³/mol. The van der Waals surface area contributed by atoms with Crippen LogP contribution in [0.2, 0.25) is 0 Å². The number of carbonyl (C=O) groups is 1. The SMILES string of the molecule is COC(=O)C(N)Cc1ccc(OCC(C)C)cc1. The topological polar surface area (TPSA) is 61.5 Å². The molecule has 0 bridgehead atoms. The lowest BCUT2D eigenvalue weighted by Gasteiger charge is -2.11. The molecule has 0 saturated carbocycles. The Labute approximate surface area is 108 Å². The van der Waals surface area contributed by atoms with Crippen molar-refractivity contribution in [2.24, 2.45) is 11.7 Å². The Morgan fingerprint density at radius 3 is 2.39 bits per heavy atom. The summed E-state index contributed by atoms with van der Waals surface area (Å²) in [5.74, 6) is 0.937. The Hall–Kier alpha value is -1.55. The van der Waals surface area contributed by atoms with Gasteiger partial charge in [0, 0.05) is 0 Å². The molecule has 1 atom stereocenters. The maximum Gasteiger partial charge on any atom is 0.322 e. The largest absolute Gasteiger partial charge is 0.493 e. The summed E-state index contributed by atoms with van der Waals surface area (Å²) in [7, 11) is 1.34. The van der Waals surface area contributed by atoms with Crippen LogP contribution < -0.4 is 10.5 Å². The summed E-state index contributed by atoms with van der Waals surface area (Å²) < 4.78 is 10.2. The summed E-state index contributed by atoms with van der Waals surface area (Å²) in [6, 6.07) is 7.00. The highest BCUT2D eigenvalue weighted by atomic mass is 16.5. The third-order valence-electron chi connectivity index (χ3n) is 2.47. The summed E-state index contributed by atoms with van der Waals surface area (Å²) in [6.07, 6.45) is 0.469. The molecule has 0 aliphatic rings. The summed E-state index contributed by atoms with van der Waals surface area (Å²) in [4.78, 5) is 11.2. The molecule has 0 heterocycles. The number of esters is 1. The molecule has 0 aromatic heterocycles. The molecular weight excluding hydrogens is 230 g/mol. The van der Waals surface area contributed by atoms with Gasteiger partial charge < -0.3 is 15.2 Å². The fourth-order valence-electron chi connectivity index (χ4n) is 1.47. The Morgan fingerprint density at radius 2 is 1.89 bits per heavy atom. The van der Waals surface area contributed by atoms with E-state index in [1.807, 2.05) is 24.3 Å². The van der Waals surface area contributed by atoms with Gasteiger partial charge in [-0.05, 0) is 30.0 Å². The average molecular weight is 251 g/mol. The van der Waals surface area contributed by atoms with Gasteiger partial charge in [0.05, 0.1) is 13.7 Å². The van der Waals surface area contributed by atoms with Gasteiger partial charge in [0.25, 0.3) is 0 Å². The number of hydrogen-bond acceptors (Lipinski definition) is 4. The van der Waals surface area contributed by atoms with Crippen molar-refractivity contribution < 1.29 is 14.3 Å². The molecule has 18 heavy (non-hydrogen) atoms. The molecular formula is C14H21NO3. The van der Waals surface area contributed by atoms with Gasteiger partial charge in [0.15, 0.2) is 0 Å². The molecule has 0 radical (unpaired) electrons. The molecule has 0 aliphatic heterocycles. The zero-order valence-electron chi connectivity index (χ0n) is 11.2. The fraction of sp³-hybridized carbons (Fsp3) is 0.500. The number of rotatable bonds is 6. The van der Waals surface area contributed by atoms with E-state index in [0.717, 1.165) is 11.3 Å². The van der Waals surface area contributed by atoms with Gasteiger partial charge in [-0.3, -0.25) is 4.79 Å². The van der Waals surface area contributed by atoms with Crippen molar-refractivity contribution in [3.05, 3.63) is 29.8 Å². The van der Waals surface area contributed by atoms with E-state index < -0.39 is 12.0 Å². The third kappa shape index (κ3) is 4.75. The summed E-state index contributed by atoms with van der Waals surface area (Å²) in [6.45, 7) is 4.90. The lowest BCUT2D eigenvalue weighted by Crippen LogP contribution is -2.33. The number of carbonyl (C=O) groups excluding carboxylic acids is 1. The van der Waals surface area contributed by atoms with Gasteiger partial charge >= 0.3 is 5.97 Å². The van der Waals surface area contributed by atoms with Crippen LogP contribution in [-0.2, 0) is 16.0 Å². The first-order valence-corrected chi connectivity index (χ1v) is 6.08. The molecule has 2 N–H and O–H groups in total. The van der Waals surface area contributed by atoms with Gasteiger partial charge in [0.1, 0.15) is 11.8 Å². The molecule has 100 valence electrons. The van der Waals surface area contributed by atoms with E-state index in [-0.39, 0.29) is 0 Å². The maximum absolute atomic E-state index is 11.2. The molecule has 1 aromatic rings. The fourth-order valence-corrected chi connectivity index (χ4v) is 1.47. The van der Waals surface area contributed by atoms with Gasteiger partial charge in [-0.15, -0.1) is 0 Å². The molecule has 1 unspecified atom stereocenters. The van der Waals surface area contributed by atoms with Crippen molar-refractivity contribution in [1.82, 2.24) is 0 Å². The smallest absolute Gasteiger partial charge is 0.322 e. The van der Waals surface area contributed by atoms with E-state index in [0.29, 0.717) is 18.9 Å². The highest BCUT2D eigenvalue weighted by Gasteiger charge is 2.13. The van der Waals surface area contributed by atoms with Crippen molar-refractivity contribution in [3.8, 4) is 5.75 Å².